The van der Waals surface area contributed by atoms with Gasteiger partial charge in [-0.15, -0.1) is 0 Å². The molecule has 17 heavy (non-hydrogen) atoms. The summed E-state index contributed by atoms with van der Waals surface area (Å²) < 4.78 is 13.3. The monoisotopic (exact) mass is 231 g/mol. The number of anilines is 1. The van der Waals surface area contributed by atoms with Gasteiger partial charge in [-0.1, -0.05) is 24.3 Å². The lowest BCUT2D eigenvalue weighted by atomic mass is 10.1. The third-order valence-electron chi connectivity index (χ3n) is 2.48. The molecule has 0 aliphatic rings. The molecule has 0 unspecified atom stereocenters. The van der Waals surface area contributed by atoms with Gasteiger partial charge in [-0.3, -0.25) is 0 Å². The van der Waals surface area contributed by atoms with Gasteiger partial charge in [-0.05, 0) is 23.3 Å². The molecule has 0 saturated carbocycles. The van der Waals surface area contributed by atoms with Crippen molar-refractivity contribution in [1.29, 1.82) is 0 Å². The van der Waals surface area contributed by atoms with Crippen molar-refractivity contribution in [3.8, 4) is 0 Å². The van der Waals surface area contributed by atoms with Crippen LogP contribution in [0.3, 0.4) is 0 Å². The van der Waals surface area contributed by atoms with E-state index in [1.54, 1.807) is 12.3 Å². The highest BCUT2D eigenvalue weighted by Gasteiger charge is 2.01. The molecule has 88 valence electrons. The highest BCUT2D eigenvalue weighted by atomic mass is 19.1. The molecule has 2 rings (SSSR count). The fourth-order valence-electron chi connectivity index (χ4n) is 1.49. The smallest absolute Gasteiger partial charge is 0.165 e. The molecule has 0 aliphatic carbocycles. The van der Waals surface area contributed by atoms with E-state index in [0.29, 0.717) is 13.1 Å². The van der Waals surface area contributed by atoms with E-state index < -0.39 is 0 Å². The van der Waals surface area contributed by atoms with Crippen LogP contribution in [0, 0.1) is 5.82 Å². The van der Waals surface area contributed by atoms with Crippen LogP contribution in [0.25, 0.3) is 0 Å². The summed E-state index contributed by atoms with van der Waals surface area (Å²) in [6, 6.07) is 10.8. The van der Waals surface area contributed by atoms with Gasteiger partial charge in [0, 0.05) is 19.3 Å². The van der Waals surface area contributed by atoms with Gasteiger partial charge in [0.1, 0.15) is 0 Å². The van der Waals surface area contributed by atoms with Gasteiger partial charge >= 0.3 is 0 Å². The minimum atomic E-state index is -0.342. The Hall–Kier alpha value is -1.94. The fourth-order valence-corrected chi connectivity index (χ4v) is 1.49. The molecule has 2 aromatic rings. The number of halogens is 1. The minimum absolute atomic E-state index is 0.274. The summed E-state index contributed by atoms with van der Waals surface area (Å²) in [5.74, 6) is -0.0681. The quantitative estimate of drug-likeness (QED) is 0.848. The molecule has 0 atom stereocenters. The molecule has 1 aromatic heterocycles. The van der Waals surface area contributed by atoms with E-state index in [4.69, 9.17) is 5.73 Å². The number of nitrogens with one attached hydrogen (secondary N) is 1. The zero-order chi connectivity index (χ0) is 12.1. The Morgan fingerprint density at radius 1 is 1.12 bits per heavy atom. The van der Waals surface area contributed by atoms with Crippen LogP contribution >= 0.6 is 0 Å². The maximum atomic E-state index is 13.3. The summed E-state index contributed by atoms with van der Waals surface area (Å²) in [6.45, 7) is 1.07. The summed E-state index contributed by atoms with van der Waals surface area (Å²) in [5.41, 5.74) is 7.65. The number of nitrogens with zero attached hydrogens (tertiary/aromatic N) is 1. The topological polar surface area (TPSA) is 50.9 Å². The molecule has 0 spiro atoms. The Morgan fingerprint density at radius 3 is 2.47 bits per heavy atom. The third kappa shape index (κ3) is 3.01. The maximum absolute atomic E-state index is 13.3. The van der Waals surface area contributed by atoms with Crippen LogP contribution in [-0.4, -0.2) is 4.98 Å². The lowest BCUT2D eigenvalue weighted by Gasteiger charge is -2.06. The molecule has 0 aliphatic heterocycles. The van der Waals surface area contributed by atoms with Crippen LogP contribution < -0.4 is 11.1 Å². The van der Waals surface area contributed by atoms with Crippen LogP contribution in [0.2, 0.25) is 0 Å². The van der Waals surface area contributed by atoms with E-state index in [0.717, 1.165) is 11.1 Å². The Kier molecular flexibility index (Phi) is 3.67. The van der Waals surface area contributed by atoms with Crippen molar-refractivity contribution >= 4 is 5.82 Å². The first-order valence-electron chi connectivity index (χ1n) is 5.42. The number of hydrogen-bond donors (Lipinski definition) is 2. The third-order valence-corrected chi connectivity index (χ3v) is 2.48. The number of aromatic nitrogens is 1. The van der Waals surface area contributed by atoms with Crippen molar-refractivity contribution < 1.29 is 4.39 Å². The van der Waals surface area contributed by atoms with Crippen LogP contribution in [0.4, 0.5) is 10.2 Å². The number of hydrogen-bond acceptors (Lipinski definition) is 3. The lowest BCUT2D eigenvalue weighted by Crippen LogP contribution is -2.03. The van der Waals surface area contributed by atoms with Crippen molar-refractivity contribution in [2.24, 2.45) is 5.73 Å². The van der Waals surface area contributed by atoms with Crippen LogP contribution in [0.1, 0.15) is 11.1 Å². The Morgan fingerprint density at radius 2 is 1.82 bits per heavy atom. The molecule has 4 heteroatoms. The van der Waals surface area contributed by atoms with Gasteiger partial charge in [-0.2, -0.15) is 0 Å². The zero-order valence-corrected chi connectivity index (χ0v) is 9.36. The SMILES string of the molecule is NCc1ccc(CNc2ncccc2F)cc1. The zero-order valence-electron chi connectivity index (χ0n) is 9.36. The molecule has 0 saturated heterocycles. The predicted molar refractivity (Wildman–Crippen MR) is 65.9 cm³/mol. The van der Waals surface area contributed by atoms with E-state index in [2.05, 4.69) is 10.3 Å². The fraction of sp³-hybridized carbons (Fsp3) is 0.154. The van der Waals surface area contributed by atoms with E-state index in [1.165, 1.54) is 6.07 Å². The highest BCUT2D eigenvalue weighted by molar-refractivity contribution is 5.37. The molecule has 0 fully saturated rings. The number of rotatable bonds is 4. The molecular weight excluding hydrogens is 217 g/mol. The number of pyridine rings is 1. The van der Waals surface area contributed by atoms with E-state index in [-0.39, 0.29) is 11.6 Å². The maximum Gasteiger partial charge on any atom is 0.165 e. The van der Waals surface area contributed by atoms with Gasteiger partial charge in [0.05, 0.1) is 0 Å². The molecular formula is C13H14FN3. The molecule has 0 amide bonds. The summed E-state index contributed by atoms with van der Waals surface area (Å²) >= 11 is 0. The van der Waals surface area contributed by atoms with Crippen LogP contribution in [0.15, 0.2) is 42.6 Å². The first-order valence-corrected chi connectivity index (χ1v) is 5.42. The van der Waals surface area contributed by atoms with Crippen LogP contribution in [0.5, 0.6) is 0 Å². The van der Waals surface area contributed by atoms with Crippen molar-refractivity contribution in [3.63, 3.8) is 0 Å². The molecule has 3 nitrogen and oxygen atoms in total. The second-order valence-electron chi connectivity index (χ2n) is 3.71. The Labute approximate surface area is 99.5 Å². The van der Waals surface area contributed by atoms with Gasteiger partial charge in [-0.25, -0.2) is 9.37 Å². The van der Waals surface area contributed by atoms with Crippen molar-refractivity contribution in [3.05, 3.63) is 59.5 Å². The van der Waals surface area contributed by atoms with Gasteiger partial charge in [0.2, 0.25) is 0 Å². The Bertz CT molecular complexity index is 482. The highest BCUT2D eigenvalue weighted by Crippen LogP contribution is 2.11. The van der Waals surface area contributed by atoms with Gasteiger partial charge < -0.3 is 11.1 Å². The number of benzene rings is 1. The Balaban J connectivity index is 2.00. The summed E-state index contributed by atoms with van der Waals surface area (Å²) in [7, 11) is 0. The van der Waals surface area contributed by atoms with E-state index >= 15 is 0 Å². The van der Waals surface area contributed by atoms with Gasteiger partial charge in [0.15, 0.2) is 11.6 Å². The van der Waals surface area contributed by atoms with Crippen LogP contribution in [-0.2, 0) is 13.1 Å². The normalized spacial score (nSPS) is 10.2. The predicted octanol–water partition coefficient (Wildman–Crippen LogP) is 2.29. The summed E-state index contributed by atoms with van der Waals surface area (Å²) in [6.07, 6.45) is 1.56. The van der Waals surface area contributed by atoms with Crippen molar-refractivity contribution in [2.75, 3.05) is 5.32 Å². The second kappa shape index (κ2) is 5.41. The number of nitrogens with two attached hydrogens (primary N) is 1. The van der Waals surface area contributed by atoms with Crippen molar-refractivity contribution in [1.82, 2.24) is 4.98 Å². The first kappa shape index (κ1) is 11.5. The van der Waals surface area contributed by atoms with E-state index in [1.807, 2.05) is 24.3 Å². The average Bonchev–Trinajstić information content (AvgIpc) is 2.38. The standard InChI is InChI=1S/C13H14FN3/c14-12-2-1-7-16-13(12)17-9-11-5-3-10(8-15)4-6-11/h1-7H,8-9,15H2,(H,16,17). The second-order valence-corrected chi connectivity index (χ2v) is 3.71. The van der Waals surface area contributed by atoms with E-state index in [9.17, 15) is 4.39 Å². The minimum Gasteiger partial charge on any atom is -0.364 e. The molecule has 3 N–H and O–H groups in total. The van der Waals surface area contributed by atoms with Gasteiger partial charge in [0.25, 0.3) is 0 Å². The molecule has 1 heterocycles. The molecule has 1 aromatic carbocycles. The molecule has 0 radical (unpaired) electrons. The largest absolute Gasteiger partial charge is 0.364 e. The van der Waals surface area contributed by atoms with Crippen molar-refractivity contribution in [2.45, 2.75) is 13.1 Å². The first-order chi connectivity index (χ1) is 8.29. The summed E-state index contributed by atoms with van der Waals surface area (Å²) in [5, 5.41) is 2.95. The summed E-state index contributed by atoms with van der Waals surface area (Å²) in [4.78, 5) is 3.92. The average molecular weight is 231 g/mol. The molecule has 0 bridgehead atoms. The lowest BCUT2D eigenvalue weighted by molar-refractivity contribution is 0.624.